The fourth-order valence-corrected chi connectivity index (χ4v) is 2.13. The van der Waals surface area contributed by atoms with Crippen molar-refractivity contribution >= 4 is 34.8 Å². The summed E-state index contributed by atoms with van der Waals surface area (Å²) < 4.78 is 0. The first-order valence-electron chi connectivity index (χ1n) is 5.30. The van der Waals surface area contributed by atoms with Crippen molar-refractivity contribution in [1.82, 2.24) is 4.98 Å². The summed E-state index contributed by atoms with van der Waals surface area (Å²) >= 11 is 17.7. The number of aromatic nitrogens is 1. The molecule has 0 aliphatic carbocycles. The van der Waals surface area contributed by atoms with E-state index >= 15 is 0 Å². The van der Waals surface area contributed by atoms with Crippen molar-refractivity contribution in [1.29, 1.82) is 0 Å². The molecule has 1 N–H and O–H groups in total. The molecule has 1 aromatic heterocycles. The molecule has 2 nitrogen and oxygen atoms in total. The van der Waals surface area contributed by atoms with Gasteiger partial charge in [0.1, 0.15) is 5.15 Å². The van der Waals surface area contributed by atoms with Crippen LogP contribution < -0.4 is 0 Å². The number of nitrogens with zero attached hydrogens (tertiary/aromatic N) is 1. The van der Waals surface area contributed by atoms with Crippen LogP contribution in [0.3, 0.4) is 0 Å². The Labute approximate surface area is 120 Å². The number of aliphatic hydroxyl groups excluding tert-OH is 1. The van der Waals surface area contributed by atoms with Crippen LogP contribution >= 0.6 is 34.8 Å². The van der Waals surface area contributed by atoms with Gasteiger partial charge < -0.3 is 5.11 Å². The monoisotopic (exact) mass is 301 g/mol. The summed E-state index contributed by atoms with van der Waals surface area (Å²) in [5.41, 5.74) is 1.49. The molecule has 1 heterocycles. The minimum atomic E-state index is -0.689. The van der Waals surface area contributed by atoms with E-state index in [0.29, 0.717) is 27.2 Å². The van der Waals surface area contributed by atoms with Gasteiger partial charge in [0.05, 0.1) is 16.1 Å². The summed E-state index contributed by atoms with van der Waals surface area (Å²) in [5.74, 6) is 0. The second kappa shape index (κ2) is 5.89. The number of aliphatic hydroxyl groups is 1. The average molecular weight is 303 g/mol. The molecule has 0 radical (unpaired) electrons. The normalized spacial score (nSPS) is 12.4. The van der Waals surface area contributed by atoms with Crippen LogP contribution in [0, 0.1) is 0 Å². The molecule has 1 unspecified atom stereocenters. The van der Waals surface area contributed by atoms with Crippen molar-refractivity contribution in [2.45, 2.75) is 12.5 Å². The van der Waals surface area contributed by atoms with Crippen LogP contribution in [0.25, 0.3) is 0 Å². The molecule has 2 aromatic rings. The number of pyridine rings is 1. The Bertz CT molecular complexity index is 542. The molecule has 0 saturated carbocycles. The molecule has 1 aromatic carbocycles. The van der Waals surface area contributed by atoms with Crippen LogP contribution in [0.2, 0.25) is 15.2 Å². The Kier molecular flexibility index (Phi) is 4.46. The molecule has 0 amide bonds. The molecule has 1 atom stereocenters. The summed E-state index contributed by atoms with van der Waals surface area (Å²) in [7, 11) is 0. The quantitative estimate of drug-likeness (QED) is 0.857. The van der Waals surface area contributed by atoms with Crippen LogP contribution in [0.15, 0.2) is 36.5 Å². The summed E-state index contributed by atoms with van der Waals surface area (Å²) in [5, 5.41) is 11.4. The van der Waals surface area contributed by atoms with Gasteiger partial charge >= 0.3 is 0 Å². The molecule has 18 heavy (non-hydrogen) atoms. The van der Waals surface area contributed by atoms with E-state index in [0.717, 1.165) is 5.56 Å². The molecular weight excluding hydrogens is 293 g/mol. The highest BCUT2D eigenvalue weighted by atomic mass is 35.5. The molecule has 0 fully saturated rings. The van der Waals surface area contributed by atoms with E-state index in [4.69, 9.17) is 34.8 Å². The third kappa shape index (κ3) is 3.15. The van der Waals surface area contributed by atoms with E-state index in [2.05, 4.69) is 4.98 Å². The van der Waals surface area contributed by atoms with Gasteiger partial charge in [0, 0.05) is 12.6 Å². The smallest absolute Gasteiger partial charge is 0.129 e. The molecule has 0 aliphatic rings. The lowest BCUT2D eigenvalue weighted by Gasteiger charge is -2.12. The maximum Gasteiger partial charge on any atom is 0.129 e. The van der Waals surface area contributed by atoms with E-state index in [1.807, 2.05) is 6.07 Å². The summed E-state index contributed by atoms with van der Waals surface area (Å²) in [6, 6.07) is 8.72. The number of benzene rings is 1. The lowest BCUT2D eigenvalue weighted by molar-refractivity contribution is 0.178. The van der Waals surface area contributed by atoms with Crippen molar-refractivity contribution < 1.29 is 5.11 Å². The molecule has 5 heteroatoms. The Morgan fingerprint density at radius 3 is 2.56 bits per heavy atom. The van der Waals surface area contributed by atoms with Gasteiger partial charge in [0.15, 0.2) is 0 Å². The molecule has 2 rings (SSSR count). The molecule has 0 aliphatic heterocycles. The first kappa shape index (κ1) is 13.6. The molecule has 94 valence electrons. The predicted molar refractivity (Wildman–Crippen MR) is 74.4 cm³/mol. The van der Waals surface area contributed by atoms with E-state index in [-0.39, 0.29) is 0 Å². The first-order valence-corrected chi connectivity index (χ1v) is 6.43. The van der Waals surface area contributed by atoms with Crippen LogP contribution in [0.1, 0.15) is 17.2 Å². The number of rotatable bonds is 3. The second-order valence-corrected chi connectivity index (χ2v) is 5.02. The van der Waals surface area contributed by atoms with Crippen LogP contribution in [-0.4, -0.2) is 10.1 Å². The predicted octanol–water partition coefficient (Wildman–Crippen LogP) is 4.32. The van der Waals surface area contributed by atoms with Gasteiger partial charge in [-0.2, -0.15) is 0 Å². The molecule has 0 saturated heterocycles. The zero-order valence-electron chi connectivity index (χ0n) is 9.28. The van der Waals surface area contributed by atoms with Crippen LogP contribution in [0.4, 0.5) is 0 Å². The highest BCUT2D eigenvalue weighted by Crippen LogP contribution is 2.29. The van der Waals surface area contributed by atoms with Crippen LogP contribution in [0.5, 0.6) is 0 Å². The van der Waals surface area contributed by atoms with E-state index in [1.165, 1.54) is 0 Å². The lowest BCUT2D eigenvalue weighted by atomic mass is 10.0. The van der Waals surface area contributed by atoms with Gasteiger partial charge in [-0.1, -0.05) is 53.0 Å². The largest absolute Gasteiger partial charge is 0.388 e. The zero-order chi connectivity index (χ0) is 13.1. The fraction of sp³-hybridized carbons (Fsp3) is 0.154. The maximum absolute atomic E-state index is 10.1. The minimum Gasteiger partial charge on any atom is -0.388 e. The van der Waals surface area contributed by atoms with Gasteiger partial charge in [0.25, 0.3) is 0 Å². The van der Waals surface area contributed by atoms with Crippen molar-refractivity contribution in [3.63, 3.8) is 0 Å². The van der Waals surface area contributed by atoms with Gasteiger partial charge in [-0.25, -0.2) is 4.98 Å². The molecule has 0 bridgehead atoms. The third-order valence-corrected chi connectivity index (χ3v) is 3.66. The molecular formula is C13H10Cl3NO. The highest BCUT2D eigenvalue weighted by molar-refractivity contribution is 6.42. The topological polar surface area (TPSA) is 33.1 Å². The average Bonchev–Trinajstić information content (AvgIpc) is 2.36. The van der Waals surface area contributed by atoms with Crippen molar-refractivity contribution in [3.05, 3.63) is 62.9 Å². The van der Waals surface area contributed by atoms with E-state index in [9.17, 15) is 5.11 Å². The first-order chi connectivity index (χ1) is 8.58. The maximum atomic E-state index is 10.1. The van der Waals surface area contributed by atoms with E-state index < -0.39 is 6.10 Å². The number of halogens is 3. The Morgan fingerprint density at radius 1 is 1.11 bits per heavy atom. The Hall–Kier alpha value is -0.800. The van der Waals surface area contributed by atoms with Crippen LogP contribution in [-0.2, 0) is 6.42 Å². The van der Waals surface area contributed by atoms with Gasteiger partial charge in [-0.15, -0.1) is 0 Å². The van der Waals surface area contributed by atoms with Gasteiger partial charge in [-0.05, 0) is 23.3 Å². The van der Waals surface area contributed by atoms with Crippen molar-refractivity contribution in [2.75, 3.05) is 0 Å². The minimum absolute atomic E-state index is 0.378. The van der Waals surface area contributed by atoms with Crippen molar-refractivity contribution in [2.24, 2.45) is 0 Å². The van der Waals surface area contributed by atoms with E-state index in [1.54, 1.807) is 30.5 Å². The van der Waals surface area contributed by atoms with Crippen molar-refractivity contribution in [3.8, 4) is 0 Å². The SMILES string of the molecule is OC(Cc1cccc(Cl)c1Cl)c1ccc(Cl)nc1. The Balaban J connectivity index is 2.18. The third-order valence-electron chi connectivity index (χ3n) is 2.58. The summed E-state index contributed by atoms with van der Waals surface area (Å²) in [6.45, 7) is 0. The highest BCUT2D eigenvalue weighted by Gasteiger charge is 2.12. The summed E-state index contributed by atoms with van der Waals surface area (Å²) in [6.07, 6.45) is 1.24. The van der Waals surface area contributed by atoms with Gasteiger partial charge in [-0.3, -0.25) is 0 Å². The van der Waals surface area contributed by atoms with Gasteiger partial charge in [0.2, 0.25) is 0 Å². The lowest BCUT2D eigenvalue weighted by Crippen LogP contribution is -2.03. The zero-order valence-corrected chi connectivity index (χ0v) is 11.5. The summed E-state index contributed by atoms with van der Waals surface area (Å²) in [4.78, 5) is 3.93. The fourth-order valence-electron chi connectivity index (χ4n) is 1.62. The number of hydrogen-bond acceptors (Lipinski definition) is 2. The molecule has 0 spiro atoms. The Morgan fingerprint density at radius 2 is 1.89 bits per heavy atom. The number of hydrogen-bond donors (Lipinski definition) is 1. The second-order valence-electron chi connectivity index (χ2n) is 3.85. The standard InChI is InChI=1S/C13H10Cl3NO/c14-10-3-1-2-8(13(10)16)6-11(18)9-4-5-12(15)17-7-9/h1-5,7,11,18H,6H2.